The van der Waals surface area contributed by atoms with Gasteiger partial charge in [0.1, 0.15) is 6.54 Å². The van der Waals surface area contributed by atoms with E-state index in [1.54, 1.807) is 11.4 Å². The molecule has 0 saturated heterocycles. The Labute approximate surface area is 142 Å². The molecule has 0 aliphatic rings. The standard InChI is InChI=1S/C15H13Cl2N3O3/c16-12-4-2-1-3-10(12)8-18-9-15(21)19-14-6-5-11(20(22)23)7-13(14)17/h1-7,18H,8-9H2,(H,19,21)/p+1. The number of nitro groups is 1. The van der Waals surface area contributed by atoms with Crippen molar-refractivity contribution in [3.63, 3.8) is 0 Å². The number of halogens is 2. The van der Waals surface area contributed by atoms with E-state index in [2.05, 4.69) is 5.32 Å². The molecule has 2 aromatic carbocycles. The lowest BCUT2D eigenvalue weighted by Gasteiger charge is -2.07. The summed E-state index contributed by atoms with van der Waals surface area (Å²) in [5.41, 5.74) is 1.15. The number of nitrogens with two attached hydrogens (primary N) is 1. The number of hydrogen-bond donors (Lipinski definition) is 2. The maximum Gasteiger partial charge on any atom is 0.279 e. The molecule has 0 fully saturated rings. The van der Waals surface area contributed by atoms with Crippen LogP contribution in [0.1, 0.15) is 5.56 Å². The third kappa shape index (κ3) is 4.92. The van der Waals surface area contributed by atoms with Crippen molar-refractivity contribution < 1.29 is 15.0 Å². The van der Waals surface area contributed by atoms with Crippen molar-refractivity contribution in [3.8, 4) is 0 Å². The van der Waals surface area contributed by atoms with E-state index in [0.29, 0.717) is 17.3 Å². The minimum atomic E-state index is -0.547. The Morgan fingerprint density at radius 3 is 2.57 bits per heavy atom. The van der Waals surface area contributed by atoms with Crippen molar-refractivity contribution in [1.82, 2.24) is 0 Å². The van der Waals surface area contributed by atoms with Gasteiger partial charge in [-0.2, -0.15) is 0 Å². The number of amides is 1. The first kappa shape index (κ1) is 17.2. The van der Waals surface area contributed by atoms with Crippen molar-refractivity contribution in [2.24, 2.45) is 0 Å². The first-order chi connectivity index (χ1) is 11.0. The predicted molar refractivity (Wildman–Crippen MR) is 88.7 cm³/mol. The number of carbonyl (C=O) groups excluding carboxylic acids is 1. The highest BCUT2D eigenvalue weighted by Gasteiger charge is 2.12. The maximum absolute atomic E-state index is 11.9. The van der Waals surface area contributed by atoms with E-state index in [4.69, 9.17) is 23.2 Å². The Kier molecular flexibility index (Phi) is 5.92. The second-order valence-corrected chi connectivity index (χ2v) is 5.57. The molecular weight excluding hydrogens is 341 g/mol. The molecule has 6 nitrogen and oxygen atoms in total. The summed E-state index contributed by atoms with van der Waals surface area (Å²) in [7, 11) is 0. The smallest absolute Gasteiger partial charge is 0.279 e. The number of non-ortho nitro benzene ring substituents is 1. The molecule has 120 valence electrons. The summed E-state index contributed by atoms with van der Waals surface area (Å²) in [6.07, 6.45) is 0. The number of rotatable bonds is 6. The van der Waals surface area contributed by atoms with Gasteiger partial charge in [0.15, 0.2) is 6.54 Å². The summed E-state index contributed by atoms with van der Waals surface area (Å²) >= 11 is 12.0. The SMILES string of the molecule is O=C(C[NH2+]Cc1ccccc1Cl)Nc1ccc([N+](=O)[O-])cc1Cl. The van der Waals surface area contributed by atoms with E-state index in [-0.39, 0.29) is 23.2 Å². The molecular formula is C15H14Cl2N3O3+. The van der Waals surface area contributed by atoms with E-state index >= 15 is 0 Å². The number of carbonyl (C=O) groups is 1. The van der Waals surface area contributed by atoms with Crippen molar-refractivity contribution in [1.29, 1.82) is 0 Å². The van der Waals surface area contributed by atoms with Gasteiger partial charge in [0.05, 0.1) is 15.6 Å². The first-order valence-electron chi connectivity index (χ1n) is 6.76. The summed E-state index contributed by atoms with van der Waals surface area (Å²) in [6, 6.07) is 11.3. The van der Waals surface area contributed by atoms with E-state index in [9.17, 15) is 14.9 Å². The molecule has 1 amide bonds. The summed E-state index contributed by atoms with van der Waals surface area (Å²) in [4.78, 5) is 22.0. The van der Waals surface area contributed by atoms with Gasteiger partial charge < -0.3 is 10.6 Å². The van der Waals surface area contributed by atoms with Crippen molar-refractivity contribution in [2.45, 2.75) is 6.54 Å². The van der Waals surface area contributed by atoms with Crippen LogP contribution in [0.3, 0.4) is 0 Å². The van der Waals surface area contributed by atoms with Crippen LogP contribution < -0.4 is 10.6 Å². The van der Waals surface area contributed by atoms with E-state index in [0.717, 1.165) is 5.56 Å². The van der Waals surface area contributed by atoms with Crippen molar-refractivity contribution >= 4 is 40.5 Å². The van der Waals surface area contributed by atoms with Gasteiger partial charge in [0.2, 0.25) is 0 Å². The third-order valence-corrected chi connectivity index (χ3v) is 3.77. The molecule has 0 aliphatic carbocycles. The predicted octanol–water partition coefficient (Wildman–Crippen LogP) is 2.60. The van der Waals surface area contributed by atoms with Gasteiger partial charge in [-0.05, 0) is 12.1 Å². The molecule has 8 heteroatoms. The topological polar surface area (TPSA) is 88.8 Å². The Hall–Kier alpha value is -2.15. The van der Waals surface area contributed by atoms with Gasteiger partial charge in [-0.3, -0.25) is 14.9 Å². The molecule has 0 unspecified atom stereocenters. The summed E-state index contributed by atoms with van der Waals surface area (Å²) in [5, 5.41) is 15.8. The number of nitro benzene ring substituents is 1. The molecule has 0 radical (unpaired) electrons. The summed E-state index contributed by atoms with van der Waals surface area (Å²) < 4.78 is 0. The lowest BCUT2D eigenvalue weighted by atomic mass is 10.2. The molecule has 0 bridgehead atoms. The van der Waals surface area contributed by atoms with E-state index in [1.807, 2.05) is 18.2 Å². The fourth-order valence-corrected chi connectivity index (χ4v) is 2.38. The van der Waals surface area contributed by atoms with Gasteiger partial charge in [-0.15, -0.1) is 0 Å². The Bertz CT molecular complexity index is 738. The normalized spacial score (nSPS) is 10.3. The van der Waals surface area contributed by atoms with Crippen LogP contribution in [-0.2, 0) is 11.3 Å². The van der Waals surface area contributed by atoms with Gasteiger partial charge in [0.25, 0.3) is 11.6 Å². The summed E-state index contributed by atoms with van der Waals surface area (Å²) in [5.74, 6) is -0.257. The molecule has 2 aromatic rings. The van der Waals surface area contributed by atoms with Gasteiger partial charge in [-0.25, -0.2) is 0 Å². The zero-order chi connectivity index (χ0) is 16.8. The average molecular weight is 355 g/mol. The fourth-order valence-electron chi connectivity index (χ4n) is 1.94. The number of anilines is 1. The number of nitrogens with zero attached hydrogens (tertiary/aromatic N) is 1. The molecule has 0 atom stereocenters. The van der Waals surface area contributed by atoms with Crippen molar-refractivity contribution in [3.05, 3.63) is 68.2 Å². The fraction of sp³-hybridized carbons (Fsp3) is 0.133. The minimum absolute atomic E-state index is 0.124. The van der Waals surface area contributed by atoms with Crippen LogP contribution in [-0.4, -0.2) is 17.4 Å². The third-order valence-electron chi connectivity index (χ3n) is 3.09. The van der Waals surface area contributed by atoms with Crippen molar-refractivity contribution in [2.75, 3.05) is 11.9 Å². The molecule has 23 heavy (non-hydrogen) atoms. The average Bonchev–Trinajstić information content (AvgIpc) is 2.51. The number of nitrogens with one attached hydrogen (secondary N) is 1. The molecule has 3 N–H and O–H groups in total. The molecule has 0 spiro atoms. The molecule has 2 rings (SSSR count). The minimum Gasteiger partial charge on any atom is -0.335 e. The monoisotopic (exact) mass is 354 g/mol. The van der Waals surface area contributed by atoms with Crippen LogP contribution in [0.5, 0.6) is 0 Å². The number of quaternary nitrogens is 1. The lowest BCUT2D eigenvalue weighted by molar-refractivity contribution is -0.659. The Morgan fingerprint density at radius 2 is 1.91 bits per heavy atom. The highest BCUT2D eigenvalue weighted by Crippen LogP contribution is 2.26. The highest BCUT2D eigenvalue weighted by molar-refractivity contribution is 6.34. The van der Waals surface area contributed by atoms with E-state index < -0.39 is 4.92 Å². The van der Waals surface area contributed by atoms with Gasteiger partial charge in [0, 0.05) is 22.7 Å². The van der Waals surface area contributed by atoms with Crippen LogP contribution >= 0.6 is 23.2 Å². The van der Waals surface area contributed by atoms with Crippen LogP contribution in [0.2, 0.25) is 10.0 Å². The maximum atomic E-state index is 11.9. The molecule has 0 heterocycles. The largest absolute Gasteiger partial charge is 0.335 e. The van der Waals surface area contributed by atoms with Crippen LogP contribution in [0.4, 0.5) is 11.4 Å². The lowest BCUT2D eigenvalue weighted by Crippen LogP contribution is -2.84. The highest BCUT2D eigenvalue weighted by atomic mass is 35.5. The van der Waals surface area contributed by atoms with Crippen LogP contribution in [0.15, 0.2) is 42.5 Å². The molecule has 0 aromatic heterocycles. The molecule has 0 aliphatic heterocycles. The zero-order valence-electron chi connectivity index (χ0n) is 12.0. The van der Waals surface area contributed by atoms with Gasteiger partial charge >= 0.3 is 0 Å². The molecule has 0 saturated carbocycles. The van der Waals surface area contributed by atoms with Crippen LogP contribution in [0, 0.1) is 10.1 Å². The first-order valence-corrected chi connectivity index (χ1v) is 7.52. The Balaban J connectivity index is 1.88. The Morgan fingerprint density at radius 1 is 1.17 bits per heavy atom. The zero-order valence-corrected chi connectivity index (χ0v) is 13.5. The van der Waals surface area contributed by atoms with E-state index in [1.165, 1.54) is 18.2 Å². The quantitative estimate of drug-likeness (QED) is 0.617. The number of hydrogen-bond acceptors (Lipinski definition) is 3. The van der Waals surface area contributed by atoms with Crippen LogP contribution in [0.25, 0.3) is 0 Å². The second-order valence-electron chi connectivity index (χ2n) is 4.76. The second kappa shape index (κ2) is 7.92. The number of benzene rings is 2. The summed E-state index contributed by atoms with van der Waals surface area (Å²) in [6.45, 7) is 0.750. The van der Waals surface area contributed by atoms with Gasteiger partial charge in [-0.1, -0.05) is 41.4 Å².